The Kier molecular flexibility index (Phi) is 4.87. The number of Topliss-reactive ketones (excluding diaryl/α,β-unsaturated/α-hetero) is 1. The molecule has 2 aromatic carbocycles. The van der Waals surface area contributed by atoms with E-state index in [9.17, 15) is 9.59 Å². The van der Waals surface area contributed by atoms with E-state index in [1.807, 2.05) is 60.7 Å². The number of rotatable bonds is 4. The van der Waals surface area contributed by atoms with Crippen LogP contribution in [0.2, 0.25) is 0 Å². The van der Waals surface area contributed by atoms with Crippen LogP contribution in [-0.2, 0) is 9.53 Å². The lowest BCUT2D eigenvalue weighted by molar-refractivity contribution is -0.143. The highest BCUT2D eigenvalue weighted by molar-refractivity contribution is 7.99. The van der Waals surface area contributed by atoms with E-state index in [-0.39, 0.29) is 5.78 Å². The quantitative estimate of drug-likeness (QED) is 0.521. The lowest BCUT2D eigenvalue weighted by Crippen LogP contribution is -2.34. The number of carbonyl (C=O) groups is 2. The highest BCUT2D eigenvalue weighted by Gasteiger charge is 2.47. The Balaban J connectivity index is 1.60. The molecule has 154 valence electrons. The summed E-state index contributed by atoms with van der Waals surface area (Å²) < 4.78 is 11.2. The first-order chi connectivity index (χ1) is 15.1. The molecule has 0 saturated heterocycles. The first kappa shape index (κ1) is 19.6. The predicted octanol–water partition coefficient (Wildman–Crippen LogP) is 5.39. The summed E-state index contributed by atoms with van der Waals surface area (Å²) in [5.74, 6) is -1.31. The normalized spacial score (nSPS) is 19.7. The Hall–Kier alpha value is -3.38. The van der Waals surface area contributed by atoms with Crippen molar-refractivity contribution in [3.8, 4) is 0 Å². The monoisotopic (exact) mass is 429 g/mol. The summed E-state index contributed by atoms with van der Waals surface area (Å²) in [6, 6.07) is 21.0. The lowest BCUT2D eigenvalue weighted by Gasteiger charge is -2.28. The van der Waals surface area contributed by atoms with Crippen molar-refractivity contribution in [3.63, 3.8) is 0 Å². The number of ether oxygens (including phenoxy) is 1. The molecule has 5 nitrogen and oxygen atoms in total. The zero-order valence-electron chi connectivity index (χ0n) is 17.0. The summed E-state index contributed by atoms with van der Waals surface area (Å²) in [6.45, 7) is 1.80. The molecule has 0 amide bonds. The minimum atomic E-state index is -0.720. The molecule has 0 N–H and O–H groups in total. The van der Waals surface area contributed by atoms with E-state index < -0.39 is 17.8 Å². The summed E-state index contributed by atoms with van der Waals surface area (Å²) in [6.07, 6.45) is 0. The van der Waals surface area contributed by atoms with E-state index in [2.05, 4.69) is 4.99 Å². The summed E-state index contributed by atoms with van der Waals surface area (Å²) in [5, 5.41) is 0.690. The molecule has 31 heavy (non-hydrogen) atoms. The van der Waals surface area contributed by atoms with Crippen LogP contribution in [0.25, 0.3) is 5.70 Å². The van der Waals surface area contributed by atoms with Crippen LogP contribution in [0, 0.1) is 5.92 Å². The Morgan fingerprint density at radius 1 is 1.00 bits per heavy atom. The molecule has 1 aromatic heterocycles. The fraction of sp³-hybridized carbons (Fsp3) is 0.160. The average molecular weight is 429 g/mol. The molecule has 0 saturated carbocycles. The van der Waals surface area contributed by atoms with E-state index in [4.69, 9.17) is 9.15 Å². The molecule has 1 aliphatic carbocycles. The fourth-order valence-electron chi connectivity index (χ4n) is 4.25. The van der Waals surface area contributed by atoms with Gasteiger partial charge in [0.2, 0.25) is 0 Å². The number of fused-ring (bicyclic) bond motifs is 2. The van der Waals surface area contributed by atoms with Crippen molar-refractivity contribution < 1.29 is 18.7 Å². The van der Waals surface area contributed by atoms with Crippen LogP contribution >= 0.6 is 11.8 Å². The van der Waals surface area contributed by atoms with Crippen LogP contribution in [0.5, 0.6) is 0 Å². The molecule has 5 rings (SSSR count). The minimum Gasteiger partial charge on any atom is -0.468 e. The van der Waals surface area contributed by atoms with Crippen LogP contribution in [0.1, 0.15) is 34.5 Å². The average Bonchev–Trinajstić information content (AvgIpc) is 3.36. The van der Waals surface area contributed by atoms with Gasteiger partial charge in [0.05, 0.1) is 18.7 Å². The largest absolute Gasteiger partial charge is 0.468 e. The van der Waals surface area contributed by atoms with Crippen molar-refractivity contribution in [2.24, 2.45) is 10.9 Å². The first-order valence-electron chi connectivity index (χ1n) is 9.92. The van der Waals surface area contributed by atoms with E-state index in [0.717, 1.165) is 10.5 Å². The van der Waals surface area contributed by atoms with Gasteiger partial charge in [-0.05, 0) is 31.2 Å². The van der Waals surface area contributed by atoms with Crippen LogP contribution < -0.4 is 0 Å². The molecule has 2 atom stereocenters. The number of hydrogen-bond donors (Lipinski definition) is 0. The van der Waals surface area contributed by atoms with Crippen LogP contribution in [0.3, 0.4) is 0 Å². The van der Waals surface area contributed by atoms with Crippen molar-refractivity contribution in [1.29, 1.82) is 0 Å². The SMILES string of the molecule is COC(=O)C1C(C)=NC2=C(C(=O)c3ccccc32)[C@H]1c1ccc(Sc2ccccc2)o1. The van der Waals surface area contributed by atoms with Gasteiger partial charge >= 0.3 is 5.97 Å². The molecular formula is C25H19NO4S. The van der Waals surface area contributed by atoms with Crippen molar-refractivity contribution >= 4 is 34.9 Å². The molecule has 0 spiro atoms. The molecule has 1 unspecified atom stereocenters. The van der Waals surface area contributed by atoms with Gasteiger partial charge in [0.25, 0.3) is 0 Å². The fourth-order valence-corrected chi connectivity index (χ4v) is 5.05. The predicted molar refractivity (Wildman–Crippen MR) is 118 cm³/mol. The van der Waals surface area contributed by atoms with Crippen molar-refractivity contribution in [1.82, 2.24) is 0 Å². The third kappa shape index (κ3) is 3.24. The molecule has 6 heteroatoms. The molecule has 0 bridgehead atoms. The maximum Gasteiger partial charge on any atom is 0.315 e. The van der Waals surface area contributed by atoms with Gasteiger partial charge in [-0.25, -0.2) is 0 Å². The van der Waals surface area contributed by atoms with Gasteiger partial charge in [-0.1, -0.05) is 54.2 Å². The highest BCUT2D eigenvalue weighted by Crippen LogP contribution is 2.49. The van der Waals surface area contributed by atoms with Gasteiger partial charge in [-0.3, -0.25) is 14.6 Å². The second kappa shape index (κ2) is 7.71. The number of ketones is 1. The lowest BCUT2D eigenvalue weighted by atomic mass is 9.78. The van der Waals surface area contributed by atoms with Crippen molar-refractivity contribution in [2.75, 3.05) is 7.11 Å². The second-order valence-corrected chi connectivity index (χ2v) is 8.52. The number of allylic oxidation sites excluding steroid dienone is 1. The van der Waals surface area contributed by atoms with Gasteiger partial charge in [-0.15, -0.1) is 0 Å². The van der Waals surface area contributed by atoms with E-state index in [0.29, 0.717) is 33.4 Å². The zero-order valence-corrected chi connectivity index (χ0v) is 17.8. The third-order valence-corrected chi connectivity index (χ3v) is 6.56. The smallest absolute Gasteiger partial charge is 0.315 e. The third-order valence-electron chi connectivity index (χ3n) is 5.63. The Labute approximate surface area is 183 Å². The van der Waals surface area contributed by atoms with Gasteiger partial charge in [0.15, 0.2) is 10.9 Å². The van der Waals surface area contributed by atoms with Gasteiger partial charge in [0, 0.05) is 27.3 Å². The molecular weight excluding hydrogens is 410 g/mol. The Bertz CT molecular complexity index is 1260. The number of methoxy groups -OCH3 is 1. The molecule has 2 aliphatic rings. The van der Waals surface area contributed by atoms with Gasteiger partial charge in [-0.2, -0.15) is 0 Å². The van der Waals surface area contributed by atoms with Crippen molar-refractivity contribution in [3.05, 3.63) is 89.2 Å². The second-order valence-electron chi connectivity index (χ2n) is 7.44. The first-order valence-corrected chi connectivity index (χ1v) is 10.7. The summed E-state index contributed by atoms with van der Waals surface area (Å²) >= 11 is 1.49. The minimum absolute atomic E-state index is 0.116. The molecule has 3 aromatic rings. The zero-order chi connectivity index (χ0) is 21.5. The molecule has 0 radical (unpaired) electrons. The van der Waals surface area contributed by atoms with E-state index in [1.54, 1.807) is 13.0 Å². The van der Waals surface area contributed by atoms with E-state index >= 15 is 0 Å². The molecule has 1 aliphatic heterocycles. The maximum atomic E-state index is 13.3. The van der Waals surface area contributed by atoms with Crippen LogP contribution in [0.15, 0.2) is 91.7 Å². The van der Waals surface area contributed by atoms with Gasteiger partial charge < -0.3 is 9.15 Å². The summed E-state index contributed by atoms with van der Waals surface area (Å²) in [7, 11) is 1.35. The number of nitrogens with zero attached hydrogens (tertiary/aromatic N) is 1. The molecule has 2 heterocycles. The molecule has 0 fully saturated rings. The Morgan fingerprint density at radius 3 is 2.45 bits per heavy atom. The highest BCUT2D eigenvalue weighted by atomic mass is 32.2. The summed E-state index contributed by atoms with van der Waals surface area (Å²) in [4.78, 5) is 31.8. The van der Waals surface area contributed by atoms with Crippen molar-refractivity contribution in [2.45, 2.75) is 22.8 Å². The number of hydrogen-bond acceptors (Lipinski definition) is 6. The number of aliphatic imine (C=N–C) groups is 1. The Morgan fingerprint density at radius 2 is 1.71 bits per heavy atom. The topological polar surface area (TPSA) is 68.9 Å². The number of benzene rings is 2. The number of esters is 1. The van der Waals surface area contributed by atoms with Gasteiger partial charge in [0.1, 0.15) is 11.7 Å². The van der Waals surface area contributed by atoms with E-state index in [1.165, 1.54) is 18.9 Å². The number of furan rings is 1. The van der Waals surface area contributed by atoms with Crippen LogP contribution in [-0.4, -0.2) is 24.6 Å². The summed E-state index contributed by atoms with van der Waals surface area (Å²) in [5.41, 5.74) is 3.11. The number of carbonyl (C=O) groups excluding carboxylic acids is 2. The standard InChI is InChI=1S/C25H19NO4S/c1-14-20(25(28)29-2)21(18-12-13-19(30-18)31-15-8-4-3-5-9-15)22-23(26-14)16-10-6-7-11-17(16)24(22)27/h3-13,20-21H,1-2H3/t20?,21-/m0/s1. The van der Waals surface area contributed by atoms with Crippen LogP contribution in [0.4, 0.5) is 0 Å². The maximum absolute atomic E-state index is 13.3.